The molecule has 0 aliphatic heterocycles. The van der Waals surface area contributed by atoms with Crippen LogP contribution in [-0.4, -0.2) is 11.1 Å². The zero-order valence-electron chi connectivity index (χ0n) is 18.0. The third kappa shape index (κ3) is 5.15. The SMILES string of the molecule is Cc1ccc(N(c2ccc(Br)cc2)c2ccc(-c3cc(C(=O)O)cc(C(F)(F)F)c3)cc2)cc1. The summed E-state index contributed by atoms with van der Waals surface area (Å²) in [6.07, 6.45) is -4.65. The van der Waals surface area contributed by atoms with Gasteiger partial charge >= 0.3 is 12.1 Å². The Morgan fingerprint density at radius 3 is 1.76 bits per heavy atom. The quantitative estimate of drug-likeness (QED) is 0.283. The Hall–Kier alpha value is -3.58. The molecule has 0 saturated carbocycles. The van der Waals surface area contributed by atoms with Gasteiger partial charge in [0.15, 0.2) is 0 Å². The number of halogens is 4. The zero-order chi connectivity index (χ0) is 24.5. The lowest BCUT2D eigenvalue weighted by Gasteiger charge is -2.26. The number of anilines is 3. The van der Waals surface area contributed by atoms with Crippen LogP contribution in [0.5, 0.6) is 0 Å². The van der Waals surface area contributed by atoms with Gasteiger partial charge in [-0.1, -0.05) is 45.8 Å². The van der Waals surface area contributed by atoms with Crippen molar-refractivity contribution in [2.45, 2.75) is 13.1 Å². The Morgan fingerprint density at radius 1 is 0.765 bits per heavy atom. The predicted molar refractivity (Wildman–Crippen MR) is 131 cm³/mol. The van der Waals surface area contributed by atoms with Crippen LogP contribution >= 0.6 is 15.9 Å². The largest absolute Gasteiger partial charge is 0.478 e. The molecule has 34 heavy (non-hydrogen) atoms. The van der Waals surface area contributed by atoms with Gasteiger partial charge in [-0.3, -0.25) is 0 Å². The number of aryl methyl sites for hydroxylation is 1. The van der Waals surface area contributed by atoms with Crippen molar-refractivity contribution in [3.05, 3.63) is 112 Å². The van der Waals surface area contributed by atoms with E-state index >= 15 is 0 Å². The fourth-order valence-electron chi connectivity index (χ4n) is 3.62. The number of aromatic carboxylic acids is 1. The topological polar surface area (TPSA) is 40.5 Å². The molecule has 0 amide bonds. The summed E-state index contributed by atoms with van der Waals surface area (Å²) in [7, 11) is 0. The van der Waals surface area contributed by atoms with Gasteiger partial charge in [-0.15, -0.1) is 0 Å². The second-order valence-electron chi connectivity index (χ2n) is 7.80. The number of carboxylic acids is 1. The predicted octanol–water partition coefficient (Wildman–Crippen LogP) is 8.61. The molecule has 0 aliphatic rings. The molecule has 0 bridgehead atoms. The van der Waals surface area contributed by atoms with Crippen molar-refractivity contribution < 1.29 is 23.1 Å². The highest BCUT2D eigenvalue weighted by Gasteiger charge is 2.32. The molecule has 0 saturated heterocycles. The lowest BCUT2D eigenvalue weighted by Crippen LogP contribution is -2.10. The molecule has 172 valence electrons. The molecule has 0 atom stereocenters. The Bertz CT molecular complexity index is 1270. The minimum Gasteiger partial charge on any atom is -0.478 e. The normalized spacial score (nSPS) is 11.3. The third-order valence-corrected chi connectivity index (χ3v) is 5.87. The van der Waals surface area contributed by atoms with Gasteiger partial charge in [0.1, 0.15) is 0 Å². The maximum atomic E-state index is 13.3. The number of alkyl halides is 3. The van der Waals surface area contributed by atoms with Crippen molar-refractivity contribution in [2.75, 3.05) is 4.90 Å². The van der Waals surface area contributed by atoms with Crippen molar-refractivity contribution in [1.29, 1.82) is 0 Å². The van der Waals surface area contributed by atoms with Gasteiger partial charge in [0.05, 0.1) is 11.1 Å². The van der Waals surface area contributed by atoms with E-state index in [0.717, 1.165) is 33.2 Å². The van der Waals surface area contributed by atoms with E-state index in [1.807, 2.05) is 60.4 Å². The number of nitrogens with zero attached hydrogens (tertiary/aromatic N) is 1. The lowest BCUT2D eigenvalue weighted by molar-refractivity contribution is -0.137. The van der Waals surface area contributed by atoms with Crippen LogP contribution in [0.3, 0.4) is 0 Å². The Balaban J connectivity index is 1.78. The summed E-state index contributed by atoms with van der Waals surface area (Å²) in [5.74, 6) is -1.41. The summed E-state index contributed by atoms with van der Waals surface area (Å²) in [6.45, 7) is 2.00. The van der Waals surface area contributed by atoms with Gasteiger partial charge in [0.2, 0.25) is 0 Å². The molecular formula is C27H19BrF3NO2. The average molecular weight is 526 g/mol. The summed E-state index contributed by atoms with van der Waals surface area (Å²) in [5.41, 5.74) is 3.02. The third-order valence-electron chi connectivity index (χ3n) is 5.34. The molecule has 3 nitrogen and oxygen atoms in total. The monoisotopic (exact) mass is 525 g/mol. The molecular weight excluding hydrogens is 507 g/mol. The van der Waals surface area contributed by atoms with Gasteiger partial charge in [-0.25, -0.2) is 4.79 Å². The highest BCUT2D eigenvalue weighted by Crippen LogP contribution is 2.37. The molecule has 0 aliphatic carbocycles. The smallest absolute Gasteiger partial charge is 0.416 e. The van der Waals surface area contributed by atoms with Crippen LogP contribution in [0.25, 0.3) is 11.1 Å². The minimum atomic E-state index is -4.65. The zero-order valence-corrected chi connectivity index (χ0v) is 19.6. The van der Waals surface area contributed by atoms with Crippen molar-refractivity contribution in [2.24, 2.45) is 0 Å². The first kappa shape index (κ1) is 23.6. The fourth-order valence-corrected chi connectivity index (χ4v) is 3.88. The highest BCUT2D eigenvalue weighted by atomic mass is 79.9. The number of carbonyl (C=O) groups is 1. The number of rotatable bonds is 5. The number of carboxylic acid groups (broad SMARTS) is 1. The van der Waals surface area contributed by atoms with Crippen LogP contribution in [-0.2, 0) is 6.18 Å². The molecule has 4 rings (SSSR count). The molecule has 0 unspecified atom stereocenters. The minimum absolute atomic E-state index is 0.185. The van der Waals surface area contributed by atoms with Gasteiger partial charge in [0.25, 0.3) is 0 Å². The first-order valence-electron chi connectivity index (χ1n) is 10.3. The van der Waals surface area contributed by atoms with Gasteiger partial charge < -0.3 is 10.0 Å². The van der Waals surface area contributed by atoms with E-state index in [1.54, 1.807) is 24.3 Å². The van der Waals surface area contributed by atoms with Crippen molar-refractivity contribution in [3.63, 3.8) is 0 Å². The second-order valence-corrected chi connectivity index (χ2v) is 8.71. The van der Waals surface area contributed by atoms with Crippen LogP contribution in [0.2, 0.25) is 0 Å². The Kier molecular flexibility index (Phi) is 6.48. The Morgan fingerprint density at radius 2 is 1.26 bits per heavy atom. The molecule has 4 aromatic rings. The Labute approximate surface area is 203 Å². The van der Waals surface area contributed by atoms with E-state index in [4.69, 9.17) is 0 Å². The van der Waals surface area contributed by atoms with Crippen molar-refractivity contribution >= 4 is 39.0 Å². The molecule has 0 fully saturated rings. The fraction of sp³-hybridized carbons (Fsp3) is 0.0741. The molecule has 0 spiro atoms. The molecule has 1 N–H and O–H groups in total. The standard InChI is InChI=1S/C27H19BrF3NO2/c1-17-2-8-23(9-3-17)32(25-12-6-22(28)7-13-25)24-10-4-18(5-11-24)19-14-20(26(33)34)16-21(15-19)27(29,30)31/h2-16H,1H3,(H,33,34). The number of hydrogen-bond acceptors (Lipinski definition) is 2. The second kappa shape index (κ2) is 9.35. The summed E-state index contributed by atoms with van der Waals surface area (Å²) < 4.78 is 40.9. The first-order valence-corrected chi connectivity index (χ1v) is 11.1. The number of hydrogen-bond donors (Lipinski definition) is 1. The highest BCUT2D eigenvalue weighted by molar-refractivity contribution is 9.10. The summed E-state index contributed by atoms with van der Waals surface area (Å²) >= 11 is 3.45. The van der Waals surface area contributed by atoms with Crippen LogP contribution in [0.15, 0.2) is 95.5 Å². The maximum Gasteiger partial charge on any atom is 0.416 e. The molecule has 0 aromatic heterocycles. The summed E-state index contributed by atoms with van der Waals surface area (Å²) in [5, 5.41) is 9.28. The van der Waals surface area contributed by atoms with E-state index in [2.05, 4.69) is 15.9 Å². The molecule has 0 heterocycles. The van der Waals surface area contributed by atoms with E-state index < -0.39 is 23.3 Å². The van der Waals surface area contributed by atoms with Crippen molar-refractivity contribution in [3.8, 4) is 11.1 Å². The first-order chi connectivity index (χ1) is 16.1. The van der Waals surface area contributed by atoms with E-state index in [1.165, 1.54) is 6.07 Å². The average Bonchev–Trinajstić information content (AvgIpc) is 2.81. The lowest BCUT2D eigenvalue weighted by atomic mass is 9.99. The van der Waals surface area contributed by atoms with Gasteiger partial charge in [-0.05, 0) is 84.8 Å². The molecule has 7 heteroatoms. The maximum absolute atomic E-state index is 13.3. The molecule has 4 aromatic carbocycles. The van der Waals surface area contributed by atoms with E-state index in [9.17, 15) is 23.1 Å². The molecule has 0 radical (unpaired) electrons. The van der Waals surface area contributed by atoms with Crippen LogP contribution in [0, 0.1) is 6.92 Å². The van der Waals surface area contributed by atoms with E-state index in [-0.39, 0.29) is 5.56 Å². The van der Waals surface area contributed by atoms with Gasteiger partial charge in [-0.2, -0.15) is 13.2 Å². The summed E-state index contributed by atoms with van der Waals surface area (Å²) in [6, 6.07) is 25.6. The van der Waals surface area contributed by atoms with Crippen LogP contribution in [0.4, 0.5) is 30.2 Å². The van der Waals surface area contributed by atoms with Gasteiger partial charge in [0, 0.05) is 21.5 Å². The number of benzene rings is 4. The van der Waals surface area contributed by atoms with Crippen LogP contribution < -0.4 is 4.90 Å². The van der Waals surface area contributed by atoms with E-state index in [0.29, 0.717) is 11.6 Å². The summed E-state index contributed by atoms with van der Waals surface area (Å²) in [4.78, 5) is 13.4. The van der Waals surface area contributed by atoms with Crippen molar-refractivity contribution in [1.82, 2.24) is 0 Å². The van der Waals surface area contributed by atoms with Crippen LogP contribution in [0.1, 0.15) is 21.5 Å².